The molecule has 0 atom stereocenters. The van der Waals surface area contributed by atoms with Gasteiger partial charge in [-0.25, -0.2) is 0 Å². The van der Waals surface area contributed by atoms with Gasteiger partial charge >= 0.3 is 0 Å². The highest BCUT2D eigenvalue weighted by Gasteiger charge is 2.08. The molecule has 0 saturated carbocycles. The van der Waals surface area contributed by atoms with Gasteiger partial charge in [-0.3, -0.25) is 4.79 Å². The van der Waals surface area contributed by atoms with Gasteiger partial charge in [0.25, 0.3) is 0 Å². The molecule has 2 nitrogen and oxygen atoms in total. The first kappa shape index (κ1) is 12.4. The Bertz CT molecular complexity index is 544. The van der Waals surface area contributed by atoms with E-state index in [1.165, 1.54) is 0 Å². The summed E-state index contributed by atoms with van der Waals surface area (Å²) in [6, 6.07) is 15.3. The first-order valence-corrected chi connectivity index (χ1v) is 5.92. The van der Waals surface area contributed by atoms with E-state index in [4.69, 9.17) is 4.74 Å². The molecule has 2 aromatic rings. The maximum Gasteiger partial charge on any atom is 0.167 e. The minimum Gasteiger partial charge on any atom is -0.496 e. The van der Waals surface area contributed by atoms with E-state index in [9.17, 15) is 4.79 Å². The SMILES string of the molecule is COc1ccc(C(=O)Cc2ccccc2)cc1C. The molecule has 0 spiro atoms. The lowest BCUT2D eigenvalue weighted by atomic mass is 10.0. The molecule has 0 saturated heterocycles. The van der Waals surface area contributed by atoms with Crippen LogP contribution in [-0.2, 0) is 6.42 Å². The van der Waals surface area contributed by atoms with Crippen molar-refractivity contribution in [2.45, 2.75) is 13.3 Å². The van der Waals surface area contributed by atoms with Gasteiger partial charge in [0.05, 0.1) is 7.11 Å². The maximum atomic E-state index is 12.1. The predicted molar refractivity (Wildman–Crippen MR) is 72.2 cm³/mol. The number of hydrogen-bond acceptors (Lipinski definition) is 2. The van der Waals surface area contributed by atoms with Crippen molar-refractivity contribution in [3.63, 3.8) is 0 Å². The molecule has 92 valence electrons. The summed E-state index contributed by atoms with van der Waals surface area (Å²) in [4.78, 5) is 12.1. The molecule has 0 bridgehead atoms. The number of aryl methyl sites for hydroxylation is 1. The topological polar surface area (TPSA) is 26.3 Å². The van der Waals surface area contributed by atoms with Crippen LogP contribution in [0.2, 0.25) is 0 Å². The molecule has 2 heteroatoms. The predicted octanol–water partition coefficient (Wildman–Crippen LogP) is 3.43. The number of carbonyl (C=O) groups excluding carboxylic acids is 1. The van der Waals surface area contributed by atoms with E-state index in [0.29, 0.717) is 6.42 Å². The Morgan fingerprint density at radius 1 is 1.11 bits per heavy atom. The van der Waals surface area contributed by atoms with Crippen molar-refractivity contribution in [3.05, 3.63) is 65.2 Å². The molecule has 2 rings (SSSR count). The second-order valence-corrected chi connectivity index (χ2v) is 4.27. The number of rotatable bonds is 4. The monoisotopic (exact) mass is 240 g/mol. The summed E-state index contributed by atoms with van der Waals surface area (Å²) < 4.78 is 5.19. The lowest BCUT2D eigenvalue weighted by Crippen LogP contribution is -2.04. The lowest BCUT2D eigenvalue weighted by Gasteiger charge is -2.07. The van der Waals surface area contributed by atoms with Crippen molar-refractivity contribution in [3.8, 4) is 5.75 Å². The number of ketones is 1. The Morgan fingerprint density at radius 2 is 1.83 bits per heavy atom. The number of hydrogen-bond donors (Lipinski definition) is 0. The Morgan fingerprint density at radius 3 is 2.44 bits per heavy atom. The van der Waals surface area contributed by atoms with Crippen LogP contribution >= 0.6 is 0 Å². The number of Topliss-reactive ketones (excluding diaryl/α,β-unsaturated/α-hetero) is 1. The highest BCUT2D eigenvalue weighted by atomic mass is 16.5. The second kappa shape index (κ2) is 5.50. The van der Waals surface area contributed by atoms with Crippen LogP contribution in [-0.4, -0.2) is 12.9 Å². The molecule has 0 aliphatic rings. The molecule has 0 aliphatic carbocycles. The van der Waals surface area contributed by atoms with Crippen LogP contribution in [0.25, 0.3) is 0 Å². The van der Waals surface area contributed by atoms with Crippen LogP contribution in [0.3, 0.4) is 0 Å². The highest BCUT2D eigenvalue weighted by molar-refractivity contribution is 5.97. The van der Waals surface area contributed by atoms with Crippen molar-refractivity contribution in [1.29, 1.82) is 0 Å². The summed E-state index contributed by atoms with van der Waals surface area (Å²) in [5.74, 6) is 0.943. The maximum absolute atomic E-state index is 12.1. The average molecular weight is 240 g/mol. The summed E-state index contributed by atoms with van der Waals surface area (Å²) >= 11 is 0. The first-order valence-electron chi connectivity index (χ1n) is 5.92. The van der Waals surface area contributed by atoms with Gasteiger partial charge in [0.2, 0.25) is 0 Å². The summed E-state index contributed by atoms with van der Waals surface area (Å²) in [6.07, 6.45) is 0.437. The Kier molecular flexibility index (Phi) is 3.78. The fourth-order valence-corrected chi connectivity index (χ4v) is 1.94. The van der Waals surface area contributed by atoms with E-state index < -0.39 is 0 Å². The van der Waals surface area contributed by atoms with Gasteiger partial charge in [-0.05, 0) is 36.2 Å². The summed E-state index contributed by atoms with van der Waals surface area (Å²) in [7, 11) is 1.63. The van der Waals surface area contributed by atoms with E-state index >= 15 is 0 Å². The zero-order valence-electron chi connectivity index (χ0n) is 10.6. The minimum atomic E-state index is 0.131. The van der Waals surface area contributed by atoms with Crippen molar-refractivity contribution in [1.82, 2.24) is 0 Å². The molecule has 0 N–H and O–H groups in total. The van der Waals surface area contributed by atoms with E-state index in [0.717, 1.165) is 22.4 Å². The Hall–Kier alpha value is -2.09. The smallest absolute Gasteiger partial charge is 0.167 e. The average Bonchev–Trinajstić information content (AvgIpc) is 2.39. The minimum absolute atomic E-state index is 0.131. The van der Waals surface area contributed by atoms with Crippen LogP contribution in [0.4, 0.5) is 0 Å². The van der Waals surface area contributed by atoms with Crippen LogP contribution in [0.5, 0.6) is 5.75 Å². The molecule has 0 aliphatic heterocycles. The zero-order chi connectivity index (χ0) is 13.0. The largest absolute Gasteiger partial charge is 0.496 e. The number of benzene rings is 2. The van der Waals surface area contributed by atoms with Crippen molar-refractivity contribution in [2.24, 2.45) is 0 Å². The second-order valence-electron chi connectivity index (χ2n) is 4.27. The molecule has 2 aromatic carbocycles. The fourth-order valence-electron chi connectivity index (χ4n) is 1.94. The third kappa shape index (κ3) is 2.77. The van der Waals surface area contributed by atoms with Crippen molar-refractivity contribution < 1.29 is 9.53 Å². The molecule has 0 amide bonds. The summed E-state index contributed by atoms with van der Waals surface area (Å²) in [5.41, 5.74) is 2.75. The van der Waals surface area contributed by atoms with E-state index in [1.54, 1.807) is 7.11 Å². The molecule has 18 heavy (non-hydrogen) atoms. The van der Waals surface area contributed by atoms with Gasteiger partial charge < -0.3 is 4.74 Å². The van der Waals surface area contributed by atoms with E-state index in [1.807, 2.05) is 55.5 Å². The summed E-state index contributed by atoms with van der Waals surface area (Å²) in [6.45, 7) is 1.94. The number of methoxy groups -OCH3 is 1. The van der Waals surface area contributed by atoms with Gasteiger partial charge in [0.15, 0.2) is 5.78 Å². The standard InChI is InChI=1S/C16H16O2/c1-12-10-14(8-9-16(12)18-2)15(17)11-13-6-4-3-5-7-13/h3-10H,11H2,1-2H3. The van der Waals surface area contributed by atoms with E-state index in [2.05, 4.69) is 0 Å². The Labute approximate surface area is 107 Å². The number of carbonyl (C=O) groups is 1. The van der Waals surface area contributed by atoms with Crippen LogP contribution in [0, 0.1) is 6.92 Å². The van der Waals surface area contributed by atoms with Crippen LogP contribution in [0.15, 0.2) is 48.5 Å². The molecule has 0 unspecified atom stereocenters. The van der Waals surface area contributed by atoms with Gasteiger partial charge in [-0.1, -0.05) is 30.3 Å². The lowest BCUT2D eigenvalue weighted by molar-refractivity contribution is 0.0993. The molecule has 0 fully saturated rings. The fraction of sp³-hybridized carbons (Fsp3) is 0.188. The molecular formula is C16H16O2. The third-order valence-electron chi connectivity index (χ3n) is 2.92. The quantitative estimate of drug-likeness (QED) is 0.765. The molecular weight excluding hydrogens is 224 g/mol. The first-order chi connectivity index (χ1) is 8.70. The summed E-state index contributed by atoms with van der Waals surface area (Å²) in [5, 5.41) is 0. The molecule has 0 radical (unpaired) electrons. The van der Waals surface area contributed by atoms with Crippen LogP contribution in [0.1, 0.15) is 21.5 Å². The zero-order valence-corrected chi connectivity index (χ0v) is 10.6. The Balaban J connectivity index is 2.17. The number of ether oxygens (including phenoxy) is 1. The molecule has 0 aromatic heterocycles. The van der Waals surface area contributed by atoms with E-state index in [-0.39, 0.29) is 5.78 Å². The van der Waals surface area contributed by atoms with Gasteiger partial charge in [-0.2, -0.15) is 0 Å². The third-order valence-corrected chi connectivity index (χ3v) is 2.92. The highest BCUT2D eigenvalue weighted by Crippen LogP contribution is 2.19. The van der Waals surface area contributed by atoms with Gasteiger partial charge in [0, 0.05) is 12.0 Å². The van der Waals surface area contributed by atoms with Crippen LogP contribution < -0.4 is 4.74 Å². The molecule has 0 heterocycles. The van der Waals surface area contributed by atoms with Crippen molar-refractivity contribution >= 4 is 5.78 Å². The van der Waals surface area contributed by atoms with Crippen molar-refractivity contribution in [2.75, 3.05) is 7.11 Å². The van der Waals surface area contributed by atoms with Gasteiger partial charge in [-0.15, -0.1) is 0 Å². The normalized spacial score (nSPS) is 10.1. The van der Waals surface area contributed by atoms with Gasteiger partial charge in [0.1, 0.15) is 5.75 Å².